The summed E-state index contributed by atoms with van der Waals surface area (Å²) in [5.74, 6) is 0.463. The quantitative estimate of drug-likeness (QED) is 0.600. The van der Waals surface area contributed by atoms with Gasteiger partial charge in [0.1, 0.15) is 0 Å². The fraction of sp³-hybridized carbons (Fsp3) is 0.389. The van der Waals surface area contributed by atoms with Gasteiger partial charge in [-0.25, -0.2) is 9.97 Å². The molecule has 0 spiro atoms. The molecule has 1 aromatic heterocycles. The summed E-state index contributed by atoms with van der Waals surface area (Å²) in [6.45, 7) is 8.59. The molecule has 5 heteroatoms. The van der Waals surface area contributed by atoms with Crippen molar-refractivity contribution in [2.75, 3.05) is 5.75 Å². The summed E-state index contributed by atoms with van der Waals surface area (Å²) < 4.78 is 0. The van der Waals surface area contributed by atoms with Gasteiger partial charge in [-0.2, -0.15) is 0 Å². The van der Waals surface area contributed by atoms with Gasteiger partial charge in [0.25, 0.3) is 0 Å². The maximum atomic E-state index is 12.6. The topological polar surface area (TPSA) is 46.1 Å². The fourth-order valence-corrected chi connectivity index (χ4v) is 3.14. The van der Waals surface area contributed by atoms with Gasteiger partial charge in [0.05, 0.1) is 5.75 Å². The highest BCUT2D eigenvalue weighted by molar-refractivity contribution is 7.99. The summed E-state index contributed by atoms with van der Waals surface area (Å²) in [4.78, 5) is 23.2. The Morgan fingerprint density at radius 1 is 1.13 bits per heavy atom. The molecule has 0 aliphatic carbocycles. The number of thioether (sulfide) groups is 1. The maximum absolute atomic E-state index is 12.6. The minimum absolute atomic E-state index is 0.108. The fourth-order valence-electron chi connectivity index (χ4n) is 2.31. The van der Waals surface area contributed by atoms with Crippen molar-refractivity contribution in [1.82, 2.24) is 14.9 Å². The van der Waals surface area contributed by atoms with Crippen molar-refractivity contribution in [3.8, 4) is 0 Å². The zero-order valence-electron chi connectivity index (χ0n) is 14.1. The number of amides is 1. The van der Waals surface area contributed by atoms with Crippen LogP contribution >= 0.6 is 11.8 Å². The predicted molar refractivity (Wildman–Crippen MR) is 94.4 cm³/mol. The van der Waals surface area contributed by atoms with Crippen molar-refractivity contribution >= 4 is 17.7 Å². The van der Waals surface area contributed by atoms with E-state index < -0.39 is 0 Å². The molecule has 0 saturated carbocycles. The predicted octanol–water partition coefficient (Wildman–Crippen LogP) is 3.62. The number of benzene rings is 1. The summed E-state index contributed by atoms with van der Waals surface area (Å²) in [5, 5.41) is 0.666. The monoisotopic (exact) mass is 329 g/mol. The SMILES string of the molecule is Cc1cc(C)nc(SCC(=O)N(Cc2ccccc2)C(C)C)n1. The Balaban J connectivity index is 2.01. The summed E-state index contributed by atoms with van der Waals surface area (Å²) in [6.07, 6.45) is 0. The van der Waals surface area contributed by atoms with E-state index in [-0.39, 0.29) is 11.9 Å². The van der Waals surface area contributed by atoms with E-state index >= 15 is 0 Å². The molecule has 122 valence electrons. The average Bonchev–Trinajstić information content (AvgIpc) is 2.50. The van der Waals surface area contributed by atoms with Crippen LogP contribution < -0.4 is 0 Å². The first-order valence-corrected chi connectivity index (χ1v) is 8.72. The number of aromatic nitrogens is 2. The molecule has 0 radical (unpaired) electrons. The van der Waals surface area contributed by atoms with Crippen LogP contribution in [0.5, 0.6) is 0 Å². The van der Waals surface area contributed by atoms with E-state index in [1.807, 2.05) is 69.0 Å². The molecule has 0 saturated heterocycles. The normalized spacial score (nSPS) is 10.8. The Bertz CT molecular complexity index is 638. The lowest BCUT2D eigenvalue weighted by molar-refractivity contribution is -0.130. The van der Waals surface area contributed by atoms with Gasteiger partial charge in [-0.15, -0.1) is 0 Å². The molecule has 23 heavy (non-hydrogen) atoms. The molecule has 0 N–H and O–H groups in total. The zero-order valence-corrected chi connectivity index (χ0v) is 14.9. The summed E-state index contributed by atoms with van der Waals surface area (Å²) in [5.41, 5.74) is 3.00. The largest absolute Gasteiger partial charge is 0.335 e. The van der Waals surface area contributed by atoms with Crippen LogP contribution in [-0.4, -0.2) is 32.6 Å². The smallest absolute Gasteiger partial charge is 0.233 e. The van der Waals surface area contributed by atoms with E-state index in [9.17, 15) is 4.79 Å². The van der Waals surface area contributed by atoms with Crippen molar-refractivity contribution in [3.63, 3.8) is 0 Å². The van der Waals surface area contributed by atoms with Crippen LogP contribution in [0.4, 0.5) is 0 Å². The van der Waals surface area contributed by atoms with Crippen LogP contribution in [0.3, 0.4) is 0 Å². The van der Waals surface area contributed by atoms with Crippen LogP contribution in [0.15, 0.2) is 41.6 Å². The Morgan fingerprint density at radius 3 is 2.30 bits per heavy atom. The lowest BCUT2D eigenvalue weighted by Gasteiger charge is -2.26. The highest BCUT2D eigenvalue weighted by Gasteiger charge is 2.18. The van der Waals surface area contributed by atoms with Gasteiger partial charge in [0, 0.05) is 24.0 Å². The first kappa shape index (κ1) is 17.5. The number of rotatable bonds is 6. The molecule has 0 fully saturated rings. The highest BCUT2D eigenvalue weighted by Crippen LogP contribution is 2.17. The Labute approximate surface area is 142 Å². The van der Waals surface area contributed by atoms with E-state index in [2.05, 4.69) is 9.97 Å². The van der Waals surface area contributed by atoms with Crippen molar-refractivity contribution < 1.29 is 4.79 Å². The molecule has 0 unspecified atom stereocenters. The molecular formula is C18H23N3OS. The summed E-state index contributed by atoms with van der Waals surface area (Å²) in [6, 6.07) is 12.2. The molecule has 2 aromatic rings. The molecule has 1 amide bonds. The number of hydrogen-bond acceptors (Lipinski definition) is 4. The lowest BCUT2D eigenvalue weighted by atomic mass is 10.2. The molecule has 2 rings (SSSR count). The van der Waals surface area contributed by atoms with Gasteiger partial charge in [-0.05, 0) is 39.3 Å². The second-order valence-electron chi connectivity index (χ2n) is 5.82. The minimum atomic E-state index is 0.108. The first-order valence-electron chi connectivity index (χ1n) is 7.74. The van der Waals surface area contributed by atoms with Crippen LogP contribution in [0.2, 0.25) is 0 Å². The van der Waals surface area contributed by atoms with E-state index in [1.165, 1.54) is 11.8 Å². The Hall–Kier alpha value is -1.88. The Morgan fingerprint density at radius 2 is 1.74 bits per heavy atom. The van der Waals surface area contributed by atoms with Gasteiger partial charge >= 0.3 is 0 Å². The average molecular weight is 329 g/mol. The molecule has 0 aliphatic heterocycles. The van der Waals surface area contributed by atoms with Crippen LogP contribution in [0.25, 0.3) is 0 Å². The lowest BCUT2D eigenvalue weighted by Crippen LogP contribution is -2.37. The van der Waals surface area contributed by atoms with Crippen molar-refractivity contribution in [3.05, 3.63) is 53.3 Å². The molecule has 0 atom stereocenters. The van der Waals surface area contributed by atoms with Crippen LogP contribution in [-0.2, 0) is 11.3 Å². The number of carbonyl (C=O) groups excluding carboxylic acids is 1. The van der Waals surface area contributed by atoms with Crippen LogP contribution in [0.1, 0.15) is 30.8 Å². The maximum Gasteiger partial charge on any atom is 0.233 e. The van der Waals surface area contributed by atoms with Gasteiger partial charge in [-0.1, -0.05) is 42.1 Å². The molecular weight excluding hydrogens is 306 g/mol. The second-order valence-corrected chi connectivity index (χ2v) is 6.77. The summed E-state index contributed by atoms with van der Waals surface area (Å²) in [7, 11) is 0. The highest BCUT2D eigenvalue weighted by atomic mass is 32.2. The standard InChI is InChI=1S/C18H23N3OS/c1-13(2)21(11-16-8-6-5-7-9-16)17(22)12-23-18-19-14(3)10-15(4)20-18/h5-10,13H,11-12H2,1-4H3. The van der Waals surface area contributed by atoms with Gasteiger partial charge in [-0.3, -0.25) is 4.79 Å². The number of nitrogens with zero attached hydrogens (tertiary/aromatic N) is 3. The third-order valence-electron chi connectivity index (χ3n) is 3.43. The van der Waals surface area contributed by atoms with Crippen molar-refractivity contribution in [1.29, 1.82) is 0 Å². The van der Waals surface area contributed by atoms with E-state index in [1.54, 1.807) is 0 Å². The van der Waals surface area contributed by atoms with E-state index in [0.717, 1.165) is 17.0 Å². The van der Waals surface area contributed by atoms with Gasteiger partial charge in [0.15, 0.2) is 5.16 Å². The first-order chi connectivity index (χ1) is 11.0. The van der Waals surface area contributed by atoms with Crippen molar-refractivity contribution in [2.45, 2.75) is 45.4 Å². The van der Waals surface area contributed by atoms with E-state index in [0.29, 0.717) is 17.5 Å². The van der Waals surface area contributed by atoms with Crippen molar-refractivity contribution in [2.24, 2.45) is 0 Å². The molecule has 0 aliphatic rings. The van der Waals surface area contributed by atoms with E-state index in [4.69, 9.17) is 0 Å². The minimum Gasteiger partial charge on any atom is -0.335 e. The van der Waals surface area contributed by atoms with Gasteiger partial charge in [0.2, 0.25) is 5.91 Å². The summed E-state index contributed by atoms with van der Waals surface area (Å²) >= 11 is 1.40. The second kappa shape index (κ2) is 8.11. The number of hydrogen-bond donors (Lipinski definition) is 0. The van der Waals surface area contributed by atoms with Gasteiger partial charge < -0.3 is 4.90 Å². The third kappa shape index (κ3) is 5.36. The van der Waals surface area contributed by atoms with Crippen LogP contribution in [0, 0.1) is 13.8 Å². The molecule has 1 heterocycles. The molecule has 1 aromatic carbocycles. The Kier molecular flexibility index (Phi) is 6.16. The zero-order chi connectivity index (χ0) is 16.8. The molecule has 0 bridgehead atoms. The number of carbonyl (C=O) groups is 1. The number of aryl methyl sites for hydroxylation is 2. The third-order valence-corrected chi connectivity index (χ3v) is 4.26. The molecule has 4 nitrogen and oxygen atoms in total.